The van der Waals surface area contributed by atoms with Gasteiger partial charge in [0.25, 0.3) is 0 Å². The molecule has 2 rings (SSSR count). The zero-order valence-electron chi connectivity index (χ0n) is 12.4. The van der Waals surface area contributed by atoms with E-state index in [9.17, 15) is 9.59 Å². The molecule has 5 heteroatoms. The lowest BCUT2D eigenvalue weighted by Crippen LogP contribution is -2.27. The average Bonchev–Trinajstić information content (AvgIpc) is 2.87. The van der Waals surface area contributed by atoms with Crippen molar-refractivity contribution in [2.24, 2.45) is 11.7 Å². The Kier molecular flexibility index (Phi) is 5.42. The van der Waals surface area contributed by atoms with Crippen LogP contribution in [-0.4, -0.2) is 35.1 Å². The van der Waals surface area contributed by atoms with Gasteiger partial charge < -0.3 is 15.7 Å². The van der Waals surface area contributed by atoms with E-state index in [0.717, 1.165) is 38.5 Å². The molecule has 5 nitrogen and oxygen atoms in total. The molecule has 0 radical (unpaired) electrons. The smallest absolute Gasteiger partial charge is 0.407 e. The summed E-state index contributed by atoms with van der Waals surface area (Å²) < 4.78 is 0. The van der Waals surface area contributed by atoms with Crippen LogP contribution in [0.5, 0.6) is 0 Å². The third kappa shape index (κ3) is 4.34. The lowest BCUT2D eigenvalue weighted by molar-refractivity contribution is -0.118. The fourth-order valence-electron chi connectivity index (χ4n) is 3.21. The lowest BCUT2D eigenvalue weighted by atomic mass is 9.85. The summed E-state index contributed by atoms with van der Waals surface area (Å²) in [4.78, 5) is 23.2. The number of carbonyl (C=O) groups is 2. The minimum atomic E-state index is -0.831. The van der Waals surface area contributed by atoms with Gasteiger partial charge in [0.15, 0.2) is 0 Å². The Morgan fingerprint density at radius 1 is 1.24 bits per heavy atom. The van der Waals surface area contributed by atoms with Crippen LogP contribution in [0.4, 0.5) is 4.79 Å². The molecule has 0 aromatic carbocycles. The molecule has 0 saturated heterocycles. The molecule has 1 heterocycles. The number of allylic oxidation sites excluding steroid dienone is 1. The van der Waals surface area contributed by atoms with Gasteiger partial charge in [-0.05, 0) is 36.3 Å². The third-order valence-corrected chi connectivity index (χ3v) is 4.36. The van der Waals surface area contributed by atoms with E-state index in [1.165, 1.54) is 16.0 Å². The van der Waals surface area contributed by atoms with Crippen LogP contribution in [-0.2, 0) is 4.79 Å². The predicted octanol–water partition coefficient (Wildman–Crippen LogP) is 2.68. The van der Waals surface area contributed by atoms with E-state index in [1.54, 1.807) is 0 Å². The highest BCUT2D eigenvalue weighted by Gasteiger charge is 2.30. The Labute approximate surface area is 125 Å². The predicted molar refractivity (Wildman–Crippen MR) is 80.8 cm³/mol. The summed E-state index contributed by atoms with van der Waals surface area (Å²) in [6.45, 7) is 1.11. The largest absolute Gasteiger partial charge is 0.465 e. The number of primary amides is 1. The summed E-state index contributed by atoms with van der Waals surface area (Å²) in [6.07, 6.45) is 10.2. The molecule has 1 aliphatic heterocycles. The van der Waals surface area contributed by atoms with E-state index in [2.05, 4.69) is 12.2 Å². The maximum Gasteiger partial charge on any atom is 0.407 e. The van der Waals surface area contributed by atoms with Crippen molar-refractivity contribution >= 4 is 12.0 Å². The van der Waals surface area contributed by atoms with Gasteiger partial charge in [0.2, 0.25) is 5.91 Å². The Bertz CT molecular complexity index is 468. The summed E-state index contributed by atoms with van der Waals surface area (Å²) in [7, 11) is 0. The van der Waals surface area contributed by atoms with Crippen molar-refractivity contribution in [3.63, 3.8) is 0 Å². The first-order chi connectivity index (χ1) is 10.1. The first-order valence-corrected chi connectivity index (χ1v) is 7.72. The van der Waals surface area contributed by atoms with Gasteiger partial charge in [-0.25, -0.2) is 4.79 Å². The van der Waals surface area contributed by atoms with E-state index in [-0.39, 0.29) is 5.91 Å². The summed E-state index contributed by atoms with van der Waals surface area (Å²) in [5.41, 5.74) is 7.63. The summed E-state index contributed by atoms with van der Waals surface area (Å²) in [5, 5.41) is 9.10. The number of rotatable bonds is 7. The Balaban J connectivity index is 1.73. The first kappa shape index (κ1) is 15.6. The van der Waals surface area contributed by atoms with E-state index in [0.29, 0.717) is 25.4 Å². The van der Waals surface area contributed by atoms with Crippen molar-refractivity contribution in [2.45, 2.75) is 44.9 Å². The molecular weight excluding hydrogens is 268 g/mol. The minimum absolute atomic E-state index is 0.220. The molecule has 0 saturated carbocycles. The second-order valence-electron chi connectivity index (χ2n) is 5.94. The number of nitrogens with zero attached hydrogens (tertiary/aromatic N) is 1. The summed E-state index contributed by atoms with van der Waals surface area (Å²) in [5.74, 6) is 0.271. The number of hydrogen-bond donors (Lipinski definition) is 2. The van der Waals surface area contributed by atoms with Crippen molar-refractivity contribution < 1.29 is 14.7 Å². The molecule has 0 aromatic heterocycles. The highest BCUT2D eigenvalue weighted by molar-refractivity contribution is 5.73. The molecule has 0 aromatic rings. The molecular formula is C16H24N2O3. The van der Waals surface area contributed by atoms with Crippen LogP contribution < -0.4 is 5.73 Å². The zero-order valence-corrected chi connectivity index (χ0v) is 12.4. The Morgan fingerprint density at radius 3 is 2.71 bits per heavy atom. The van der Waals surface area contributed by atoms with Crippen molar-refractivity contribution in [1.82, 2.24) is 4.90 Å². The summed E-state index contributed by atoms with van der Waals surface area (Å²) >= 11 is 0. The number of carboxylic acid groups (broad SMARTS) is 1. The fraction of sp³-hybridized carbons (Fsp3) is 0.625. The fourth-order valence-corrected chi connectivity index (χ4v) is 3.21. The lowest BCUT2D eigenvalue weighted by Gasteiger charge is -2.21. The number of hydrogen-bond acceptors (Lipinski definition) is 2. The molecule has 21 heavy (non-hydrogen) atoms. The highest BCUT2D eigenvalue weighted by atomic mass is 16.4. The van der Waals surface area contributed by atoms with E-state index >= 15 is 0 Å². The standard InChI is InChI=1S/C16H24N2O3/c17-15(19)9-4-2-1-3-6-12-7-5-8-13-10-18(16(20)21)11-14(12)13/h5,8,12H,1-4,6-7,9-11H2,(H2,17,19)(H,20,21). The van der Waals surface area contributed by atoms with Gasteiger partial charge in [0.1, 0.15) is 0 Å². The van der Waals surface area contributed by atoms with Gasteiger partial charge in [-0.2, -0.15) is 0 Å². The molecule has 1 atom stereocenters. The second-order valence-corrected chi connectivity index (χ2v) is 5.94. The van der Waals surface area contributed by atoms with Gasteiger partial charge >= 0.3 is 6.09 Å². The molecule has 2 amide bonds. The van der Waals surface area contributed by atoms with Crippen LogP contribution in [0.2, 0.25) is 0 Å². The number of carbonyl (C=O) groups excluding carboxylic acids is 1. The maximum atomic E-state index is 11.1. The topological polar surface area (TPSA) is 83.6 Å². The van der Waals surface area contributed by atoms with Crippen molar-refractivity contribution in [2.75, 3.05) is 13.1 Å². The second kappa shape index (κ2) is 7.29. The van der Waals surface area contributed by atoms with E-state index < -0.39 is 6.09 Å². The monoisotopic (exact) mass is 292 g/mol. The normalized spacial score (nSPS) is 20.8. The zero-order chi connectivity index (χ0) is 15.2. The van der Waals surface area contributed by atoms with Crippen LogP contribution in [0.1, 0.15) is 44.9 Å². The first-order valence-electron chi connectivity index (χ1n) is 7.72. The van der Waals surface area contributed by atoms with Crippen molar-refractivity contribution in [3.05, 3.63) is 23.3 Å². The van der Waals surface area contributed by atoms with Crippen molar-refractivity contribution in [1.29, 1.82) is 0 Å². The minimum Gasteiger partial charge on any atom is -0.465 e. The van der Waals surface area contributed by atoms with E-state index in [1.807, 2.05) is 0 Å². The SMILES string of the molecule is NC(=O)CCCCCCC1CC=CC2=C1CN(C(=O)O)C2. The number of unbranched alkanes of at least 4 members (excludes halogenated alkanes) is 3. The number of amides is 2. The van der Waals surface area contributed by atoms with Gasteiger partial charge in [0, 0.05) is 19.5 Å². The Morgan fingerprint density at radius 2 is 2.00 bits per heavy atom. The van der Waals surface area contributed by atoms with Crippen LogP contribution in [0.3, 0.4) is 0 Å². The highest BCUT2D eigenvalue weighted by Crippen LogP contribution is 2.34. The molecule has 3 N–H and O–H groups in total. The molecule has 1 unspecified atom stereocenters. The van der Waals surface area contributed by atoms with Gasteiger partial charge in [0.05, 0.1) is 0 Å². The molecule has 1 aliphatic carbocycles. The Hall–Kier alpha value is -1.78. The van der Waals surface area contributed by atoms with Crippen LogP contribution in [0.25, 0.3) is 0 Å². The number of nitrogens with two attached hydrogens (primary N) is 1. The quantitative estimate of drug-likeness (QED) is 0.708. The maximum absolute atomic E-state index is 11.1. The average molecular weight is 292 g/mol. The van der Waals surface area contributed by atoms with Crippen LogP contribution in [0, 0.1) is 5.92 Å². The molecule has 2 aliphatic rings. The molecule has 0 bridgehead atoms. The summed E-state index contributed by atoms with van der Waals surface area (Å²) in [6, 6.07) is 0. The third-order valence-electron chi connectivity index (χ3n) is 4.36. The van der Waals surface area contributed by atoms with Gasteiger partial charge in [-0.15, -0.1) is 0 Å². The van der Waals surface area contributed by atoms with Gasteiger partial charge in [-0.1, -0.05) is 31.4 Å². The van der Waals surface area contributed by atoms with Gasteiger partial charge in [-0.3, -0.25) is 4.79 Å². The van der Waals surface area contributed by atoms with Crippen molar-refractivity contribution in [3.8, 4) is 0 Å². The van der Waals surface area contributed by atoms with E-state index in [4.69, 9.17) is 10.8 Å². The molecule has 0 fully saturated rings. The molecule has 0 spiro atoms. The van der Waals surface area contributed by atoms with Crippen LogP contribution >= 0.6 is 0 Å². The van der Waals surface area contributed by atoms with Crippen LogP contribution in [0.15, 0.2) is 23.3 Å². The molecule has 116 valence electrons.